The summed E-state index contributed by atoms with van der Waals surface area (Å²) in [6.45, 7) is 16.0. The number of ether oxygens (including phenoxy) is 2. The van der Waals surface area contributed by atoms with Crippen molar-refractivity contribution >= 4 is 63.6 Å². The molecule has 384 valence electrons. The molecule has 1 fully saturated rings. The van der Waals surface area contributed by atoms with Crippen molar-refractivity contribution in [2.45, 2.75) is 111 Å². The van der Waals surface area contributed by atoms with E-state index in [0.717, 1.165) is 60.5 Å². The topological polar surface area (TPSA) is 202 Å². The quantitative estimate of drug-likeness (QED) is 0.0610. The highest BCUT2D eigenvalue weighted by molar-refractivity contribution is 7.15. The molecule has 3 aromatic heterocycles. The van der Waals surface area contributed by atoms with Crippen LogP contribution in [0.2, 0.25) is 5.02 Å². The highest BCUT2D eigenvalue weighted by Gasteiger charge is 2.44. The second-order valence-electron chi connectivity index (χ2n) is 19.7. The zero-order chi connectivity index (χ0) is 52.1. The number of halogens is 1. The smallest absolute Gasteiger partial charge is 0.246 e. The van der Waals surface area contributed by atoms with Gasteiger partial charge in [-0.25, -0.2) is 4.98 Å². The standard InChI is InChI=1S/C54H62ClN9O7S2/c1-30-33(4)73-53-46(30)47(37-14-18-39(55)19-15-37)59-42(50-62-61-34(5)64(50)53)25-44(66)58-31(2)36-16-20-41(21-17-36)71-23-9-22-70-28-45(67)60-49(54(6,7)8)52(69)63-27-40(65)24-43(63)51(68)56-26-35-10-12-38(13-11-35)48-32(3)57-29-72-48/h10-21,29,31,40,42-43,49,65H,9,22-28H2,1-8H3,(H,56,68)(H,58,66)(H,60,67)/t31-,40-,42+,43+,49-/m1/s1. The van der Waals surface area contributed by atoms with Crippen LogP contribution in [-0.2, 0) is 30.5 Å². The van der Waals surface area contributed by atoms with E-state index in [2.05, 4.69) is 45.0 Å². The van der Waals surface area contributed by atoms with Crippen LogP contribution in [0.3, 0.4) is 0 Å². The number of nitrogens with one attached hydrogen (secondary N) is 3. The lowest BCUT2D eigenvalue weighted by atomic mass is 9.85. The molecule has 0 bridgehead atoms. The maximum atomic E-state index is 14.0. The maximum absolute atomic E-state index is 14.0. The minimum absolute atomic E-state index is 0.0237. The normalized spacial score (nSPS) is 17.2. The lowest BCUT2D eigenvalue weighted by molar-refractivity contribution is -0.144. The van der Waals surface area contributed by atoms with Crippen LogP contribution >= 0.6 is 34.3 Å². The van der Waals surface area contributed by atoms with E-state index in [-0.39, 0.29) is 57.0 Å². The van der Waals surface area contributed by atoms with Crippen molar-refractivity contribution in [3.05, 3.63) is 133 Å². The number of fused-ring (bicyclic) bond motifs is 3. The van der Waals surface area contributed by atoms with Crippen LogP contribution in [0.1, 0.15) is 109 Å². The predicted octanol–water partition coefficient (Wildman–Crippen LogP) is 8.09. The average Bonchev–Trinajstić information content (AvgIpc) is 4.13. The van der Waals surface area contributed by atoms with Gasteiger partial charge in [-0.05, 0) is 86.6 Å². The van der Waals surface area contributed by atoms with Crippen LogP contribution in [-0.4, -0.2) is 104 Å². The Morgan fingerprint density at radius 3 is 2.30 bits per heavy atom. The Hall–Kier alpha value is -6.31. The average molecular weight is 1050 g/mol. The minimum Gasteiger partial charge on any atom is -0.494 e. The second-order valence-corrected chi connectivity index (χ2v) is 22.2. The minimum atomic E-state index is -0.977. The van der Waals surface area contributed by atoms with Crippen molar-refractivity contribution in [3.63, 3.8) is 0 Å². The SMILES string of the molecule is Cc1ncsc1-c1ccc(CNC(=O)[C@@H]2C[C@@H](O)CN2C(=O)[C@@H](NC(=O)COCCCOc2ccc([C@@H](C)NC(=O)C[C@@H]3N=C(c4ccc(Cl)cc4)c4c(sc(C)c4C)-n4c(C)nnc43)cc2)C(C)(C)C)cc1. The largest absolute Gasteiger partial charge is 0.494 e. The predicted molar refractivity (Wildman–Crippen MR) is 283 cm³/mol. The molecule has 4 N–H and O–H groups in total. The molecule has 0 radical (unpaired) electrons. The molecule has 6 aromatic rings. The number of carbonyl (C=O) groups is 4. The number of amides is 4. The third-order valence-electron chi connectivity index (χ3n) is 13.1. The fourth-order valence-corrected chi connectivity index (χ4v) is 11.2. The van der Waals surface area contributed by atoms with Crippen LogP contribution < -0.4 is 20.7 Å². The number of aliphatic hydroxyl groups excluding tert-OH is 1. The van der Waals surface area contributed by atoms with E-state index in [1.54, 1.807) is 22.7 Å². The summed E-state index contributed by atoms with van der Waals surface area (Å²) >= 11 is 9.50. The fourth-order valence-electron chi connectivity index (χ4n) is 9.04. The molecule has 5 heterocycles. The van der Waals surface area contributed by atoms with Crippen molar-refractivity contribution in [2.75, 3.05) is 26.4 Å². The highest BCUT2D eigenvalue weighted by Crippen LogP contribution is 2.40. The molecule has 73 heavy (non-hydrogen) atoms. The number of hydrogen-bond donors (Lipinski definition) is 4. The lowest BCUT2D eigenvalue weighted by Gasteiger charge is -2.35. The Kier molecular flexibility index (Phi) is 16.6. The van der Waals surface area contributed by atoms with Gasteiger partial charge in [-0.2, -0.15) is 0 Å². The molecule has 0 saturated carbocycles. The Balaban J connectivity index is 0.782. The van der Waals surface area contributed by atoms with Gasteiger partial charge in [0.25, 0.3) is 0 Å². The van der Waals surface area contributed by atoms with Gasteiger partial charge in [0.15, 0.2) is 5.82 Å². The molecule has 0 unspecified atom stereocenters. The van der Waals surface area contributed by atoms with Crippen LogP contribution in [0.25, 0.3) is 15.4 Å². The van der Waals surface area contributed by atoms with Crippen molar-refractivity contribution < 1.29 is 33.8 Å². The van der Waals surface area contributed by atoms with Crippen molar-refractivity contribution in [1.29, 1.82) is 0 Å². The second kappa shape index (κ2) is 22.8. The number of benzene rings is 3. The van der Waals surface area contributed by atoms with Gasteiger partial charge in [0, 0.05) is 47.0 Å². The Morgan fingerprint density at radius 2 is 1.62 bits per heavy atom. The summed E-state index contributed by atoms with van der Waals surface area (Å²) in [6.07, 6.45) is -0.241. The number of hydrogen-bond acceptors (Lipinski definition) is 13. The molecule has 1 saturated heterocycles. The maximum Gasteiger partial charge on any atom is 0.246 e. The number of β-amino-alcohol motifs (C(OH)–C–C–N with tert-alkyl or cyclic N) is 1. The monoisotopic (exact) mass is 1050 g/mol. The van der Waals surface area contributed by atoms with E-state index in [1.807, 2.05) is 124 Å². The number of nitrogens with zero attached hydrogens (tertiary/aromatic N) is 6. The van der Waals surface area contributed by atoms with Gasteiger partial charge >= 0.3 is 0 Å². The number of aryl methyl sites for hydroxylation is 3. The van der Waals surface area contributed by atoms with E-state index >= 15 is 0 Å². The Bertz CT molecular complexity index is 2980. The summed E-state index contributed by atoms with van der Waals surface area (Å²) in [5.74, 6) is 0.477. The van der Waals surface area contributed by atoms with E-state index in [0.29, 0.717) is 29.6 Å². The molecule has 8 rings (SSSR count). The number of rotatable bonds is 18. The fraction of sp³-hybridized carbons (Fsp3) is 0.407. The summed E-state index contributed by atoms with van der Waals surface area (Å²) < 4.78 is 13.7. The zero-order valence-electron chi connectivity index (χ0n) is 42.3. The van der Waals surface area contributed by atoms with Crippen LogP contribution in [0, 0.1) is 33.1 Å². The molecule has 16 nitrogen and oxygen atoms in total. The first-order valence-corrected chi connectivity index (χ1v) is 26.4. The van der Waals surface area contributed by atoms with Crippen LogP contribution in [0.4, 0.5) is 0 Å². The molecule has 2 aliphatic rings. The van der Waals surface area contributed by atoms with Crippen molar-refractivity contribution in [2.24, 2.45) is 10.4 Å². The van der Waals surface area contributed by atoms with Gasteiger partial charge in [0.2, 0.25) is 23.6 Å². The summed E-state index contributed by atoms with van der Waals surface area (Å²) in [4.78, 5) is 67.6. The molecular formula is C54H62ClN9O7S2. The number of carbonyl (C=O) groups excluding carboxylic acids is 4. The number of aliphatic hydroxyl groups is 1. The Labute approximate surface area is 438 Å². The molecule has 0 aliphatic carbocycles. The number of thiophene rings is 1. The number of aliphatic imine (C=N–C) groups is 1. The summed E-state index contributed by atoms with van der Waals surface area (Å²) in [7, 11) is 0. The molecule has 19 heteroatoms. The highest BCUT2D eigenvalue weighted by atomic mass is 35.5. The molecule has 5 atom stereocenters. The van der Waals surface area contributed by atoms with Crippen molar-refractivity contribution in [3.8, 4) is 21.2 Å². The number of likely N-dealkylation sites (tertiary alicyclic amines) is 1. The van der Waals surface area contributed by atoms with Gasteiger partial charge in [0.05, 0.1) is 53.6 Å². The first-order chi connectivity index (χ1) is 34.9. The first kappa shape index (κ1) is 53.0. The summed E-state index contributed by atoms with van der Waals surface area (Å²) in [6, 6.07) is 20.2. The summed E-state index contributed by atoms with van der Waals surface area (Å²) in [5.41, 5.74) is 8.68. The van der Waals surface area contributed by atoms with E-state index < -0.39 is 41.5 Å². The van der Waals surface area contributed by atoms with E-state index in [1.165, 1.54) is 9.78 Å². The zero-order valence-corrected chi connectivity index (χ0v) is 44.7. The third-order valence-corrected chi connectivity index (χ3v) is 15.6. The first-order valence-electron chi connectivity index (χ1n) is 24.4. The number of thiazole rings is 1. The molecule has 0 spiro atoms. The van der Waals surface area contributed by atoms with Crippen LogP contribution in [0.5, 0.6) is 5.75 Å². The molecule has 4 amide bonds. The van der Waals surface area contributed by atoms with E-state index in [9.17, 15) is 24.3 Å². The molecule has 3 aromatic carbocycles. The third kappa shape index (κ3) is 12.4. The van der Waals surface area contributed by atoms with Gasteiger partial charge in [-0.15, -0.1) is 32.9 Å². The van der Waals surface area contributed by atoms with Gasteiger partial charge in [0.1, 0.15) is 41.3 Å². The van der Waals surface area contributed by atoms with Crippen molar-refractivity contribution in [1.82, 2.24) is 40.6 Å². The summed E-state index contributed by atoms with van der Waals surface area (Å²) in [5, 5.41) is 30.0. The van der Waals surface area contributed by atoms with E-state index in [4.69, 9.17) is 26.1 Å². The van der Waals surface area contributed by atoms with Gasteiger partial charge in [-0.3, -0.25) is 28.7 Å². The molecule has 2 aliphatic heterocycles. The van der Waals surface area contributed by atoms with Gasteiger partial charge in [-0.1, -0.05) is 80.9 Å². The number of aromatic nitrogens is 4. The molecular weight excluding hydrogens is 986 g/mol. The van der Waals surface area contributed by atoms with Crippen LogP contribution in [0.15, 0.2) is 83.3 Å². The van der Waals surface area contributed by atoms with Gasteiger partial charge < -0.3 is 35.4 Å². The Morgan fingerprint density at radius 1 is 0.904 bits per heavy atom. The lowest BCUT2D eigenvalue weighted by Crippen LogP contribution is -2.58.